The van der Waals surface area contributed by atoms with E-state index in [0.717, 1.165) is 33.5 Å². The molecule has 3 heteroatoms. The maximum Gasteiger partial charge on any atom is 0.253 e. The van der Waals surface area contributed by atoms with Gasteiger partial charge in [-0.2, -0.15) is 0 Å². The highest BCUT2D eigenvalue weighted by Gasteiger charge is 2.09. The summed E-state index contributed by atoms with van der Waals surface area (Å²) >= 11 is 0. The molecule has 1 aromatic carbocycles. The van der Waals surface area contributed by atoms with Gasteiger partial charge in [0.15, 0.2) is 0 Å². The van der Waals surface area contributed by atoms with Crippen LogP contribution < -0.4 is 11.3 Å². The third kappa shape index (κ3) is 1.92. The Kier molecular flexibility index (Phi) is 2.99. The van der Waals surface area contributed by atoms with Crippen molar-refractivity contribution in [3.63, 3.8) is 0 Å². The van der Waals surface area contributed by atoms with Crippen LogP contribution >= 0.6 is 0 Å². The van der Waals surface area contributed by atoms with E-state index in [-0.39, 0.29) is 5.56 Å². The first-order chi connectivity index (χ1) is 8.41. The molecule has 0 atom stereocenters. The van der Waals surface area contributed by atoms with Crippen LogP contribution in [0.2, 0.25) is 0 Å². The Balaban J connectivity index is 2.71. The molecule has 94 valence electrons. The lowest BCUT2D eigenvalue weighted by atomic mass is 9.98. The van der Waals surface area contributed by atoms with Crippen molar-refractivity contribution in [2.75, 3.05) is 5.73 Å². The quantitative estimate of drug-likeness (QED) is 0.781. The Bertz CT molecular complexity index is 669. The summed E-state index contributed by atoms with van der Waals surface area (Å²) < 4.78 is 1.62. The first-order valence-electron chi connectivity index (χ1n) is 5.95. The Morgan fingerprint density at radius 2 is 1.78 bits per heavy atom. The molecule has 0 spiro atoms. The number of rotatable bonds is 1. The molecular weight excluding hydrogens is 224 g/mol. The third-order valence-corrected chi connectivity index (χ3v) is 3.52. The molecule has 3 nitrogen and oxygen atoms in total. The van der Waals surface area contributed by atoms with E-state index in [0.29, 0.717) is 0 Å². The van der Waals surface area contributed by atoms with Crippen molar-refractivity contribution in [3.8, 4) is 11.1 Å². The van der Waals surface area contributed by atoms with Crippen LogP contribution in [0.25, 0.3) is 11.1 Å². The van der Waals surface area contributed by atoms with Crippen molar-refractivity contribution in [1.82, 2.24) is 4.57 Å². The fourth-order valence-electron chi connectivity index (χ4n) is 2.08. The van der Waals surface area contributed by atoms with Gasteiger partial charge in [0.2, 0.25) is 0 Å². The van der Waals surface area contributed by atoms with Gasteiger partial charge in [0.25, 0.3) is 5.56 Å². The predicted molar refractivity (Wildman–Crippen MR) is 75.7 cm³/mol. The molecule has 0 aliphatic carbocycles. The number of nitrogens with two attached hydrogens (primary N) is 1. The van der Waals surface area contributed by atoms with Crippen LogP contribution in [0, 0.1) is 20.8 Å². The average molecular weight is 242 g/mol. The molecule has 2 aromatic rings. The summed E-state index contributed by atoms with van der Waals surface area (Å²) in [5.41, 5.74) is 11.7. The molecule has 0 fully saturated rings. The summed E-state index contributed by atoms with van der Waals surface area (Å²) in [5, 5.41) is 0. The van der Waals surface area contributed by atoms with Gasteiger partial charge in [-0.05, 0) is 43.5 Å². The molecule has 0 saturated carbocycles. The molecular formula is C15H18N2O. The minimum Gasteiger partial charge on any atom is -0.398 e. The van der Waals surface area contributed by atoms with E-state index in [1.807, 2.05) is 45.2 Å². The molecule has 2 rings (SSSR count). The van der Waals surface area contributed by atoms with Crippen LogP contribution in [-0.4, -0.2) is 4.57 Å². The van der Waals surface area contributed by atoms with Gasteiger partial charge in [-0.15, -0.1) is 0 Å². The summed E-state index contributed by atoms with van der Waals surface area (Å²) in [7, 11) is 1.77. The van der Waals surface area contributed by atoms with Crippen LogP contribution in [0.1, 0.15) is 16.7 Å². The molecule has 0 saturated heterocycles. The Hall–Kier alpha value is -2.03. The Labute approximate surface area is 107 Å². The van der Waals surface area contributed by atoms with Gasteiger partial charge in [-0.25, -0.2) is 0 Å². The van der Waals surface area contributed by atoms with Crippen LogP contribution in [0.15, 0.2) is 29.2 Å². The van der Waals surface area contributed by atoms with Gasteiger partial charge in [-0.1, -0.05) is 12.1 Å². The highest BCUT2D eigenvalue weighted by Crippen LogP contribution is 2.26. The van der Waals surface area contributed by atoms with E-state index in [4.69, 9.17) is 5.73 Å². The minimum atomic E-state index is 0.0522. The second-order valence-corrected chi connectivity index (χ2v) is 4.78. The van der Waals surface area contributed by atoms with E-state index in [1.165, 1.54) is 0 Å². The second-order valence-electron chi connectivity index (χ2n) is 4.78. The molecule has 18 heavy (non-hydrogen) atoms. The van der Waals surface area contributed by atoms with E-state index < -0.39 is 0 Å². The van der Waals surface area contributed by atoms with Crippen molar-refractivity contribution in [3.05, 3.63) is 51.4 Å². The smallest absolute Gasteiger partial charge is 0.253 e. The molecule has 0 bridgehead atoms. The van der Waals surface area contributed by atoms with Gasteiger partial charge < -0.3 is 10.3 Å². The van der Waals surface area contributed by atoms with Gasteiger partial charge in [-0.3, -0.25) is 4.79 Å². The van der Waals surface area contributed by atoms with Crippen molar-refractivity contribution in [2.45, 2.75) is 20.8 Å². The lowest BCUT2D eigenvalue weighted by molar-refractivity contribution is 0.845. The Morgan fingerprint density at radius 3 is 2.39 bits per heavy atom. The van der Waals surface area contributed by atoms with Crippen LogP contribution in [0.5, 0.6) is 0 Å². The number of aromatic nitrogens is 1. The summed E-state index contributed by atoms with van der Waals surface area (Å²) in [6.07, 6.45) is 1.87. The summed E-state index contributed by atoms with van der Waals surface area (Å²) in [4.78, 5) is 11.8. The third-order valence-electron chi connectivity index (χ3n) is 3.52. The lowest BCUT2D eigenvalue weighted by Gasteiger charge is -2.12. The average Bonchev–Trinajstić information content (AvgIpc) is 2.35. The number of hydrogen-bond acceptors (Lipinski definition) is 2. The van der Waals surface area contributed by atoms with Crippen LogP contribution in [0.4, 0.5) is 5.69 Å². The normalized spacial score (nSPS) is 10.7. The highest BCUT2D eigenvalue weighted by atomic mass is 16.1. The number of anilines is 1. The van der Waals surface area contributed by atoms with Gasteiger partial charge in [0.05, 0.1) is 0 Å². The number of hydrogen-bond donors (Lipinski definition) is 1. The van der Waals surface area contributed by atoms with Crippen molar-refractivity contribution in [1.29, 1.82) is 0 Å². The molecule has 0 aliphatic rings. The largest absolute Gasteiger partial charge is 0.398 e. The maximum atomic E-state index is 11.8. The molecule has 0 amide bonds. The first-order valence-corrected chi connectivity index (χ1v) is 5.95. The number of nitrogens with zero attached hydrogens (tertiary/aromatic N) is 1. The SMILES string of the molecule is Cc1ccc(-c2cn(C)c(=O)c(C)c2C)cc1N. The molecule has 0 aliphatic heterocycles. The zero-order valence-electron chi connectivity index (χ0n) is 11.2. The van der Waals surface area contributed by atoms with E-state index >= 15 is 0 Å². The minimum absolute atomic E-state index is 0.0522. The van der Waals surface area contributed by atoms with Crippen LogP contribution in [0.3, 0.4) is 0 Å². The standard InChI is InChI=1S/C15H18N2O/c1-9-5-6-12(7-14(9)16)13-8-17(4)15(18)11(3)10(13)2/h5-8H,16H2,1-4H3. The highest BCUT2D eigenvalue weighted by molar-refractivity contribution is 5.71. The van der Waals surface area contributed by atoms with E-state index in [9.17, 15) is 4.79 Å². The molecule has 0 unspecified atom stereocenters. The van der Waals surface area contributed by atoms with Gasteiger partial charge in [0, 0.05) is 30.1 Å². The number of pyridine rings is 1. The zero-order chi connectivity index (χ0) is 13.4. The van der Waals surface area contributed by atoms with E-state index in [1.54, 1.807) is 11.6 Å². The molecule has 1 heterocycles. The lowest BCUT2D eigenvalue weighted by Crippen LogP contribution is -2.20. The summed E-state index contributed by atoms with van der Waals surface area (Å²) in [6, 6.07) is 6.00. The predicted octanol–water partition coefficient (Wildman–Crippen LogP) is 2.56. The molecule has 2 N–H and O–H groups in total. The van der Waals surface area contributed by atoms with Crippen molar-refractivity contribution in [2.24, 2.45) is 7.05 Å². The fraction of sp³-hybridized carbons (Fsp3) is 0.267. The monoisotopic (exact) mass is 242 g/mol. The number of benzene rings is 1. The fourth-order valence-corrected chi connectivity index (χ4v) is 2.08. The van der Waals surface area contributed by atoms with E-state index in [2.05, 4.69) is 0 Å². The first kappa shape index (κ1) is 12.4. The number of nitrogen functional groups attached to an aromatic ring is 1. The Morgan fingerprint density at radius 1 is 1.11 bits per heavy atom. The van der Waals surface area contributed by atoms with Gasteiger partial charge >= 0.3 is 0 Å². The second kappa shape index (κ2) is 4.33. The molecule has 1 aromatic heterocycles. The zero-order valence-corrected chi connectivity index (χ0v) is 11.2. The topological polar surface area (TPSA) is 48.0 Å². The number of aryl methyl sites for hydroxylation is 2. The maximum absolute atomic E-state index is 11.8. The van der Waals surface area contributed by atoms with Gasteiger partial charge in [0.1, 0.15) is 0 Å². The molecule has 0 radical (unpaired) electrons. The summed E-state index contributed by atoms with van der Waals surface area (Å²) in [5.74, 6) is 0. The van der Waals surface area contributed by atoms with Crippen molar-refractivity contribution >= 4 is 5.69 Å². The van der Waals surface area contributed by atoms with Crippen LogP contribution in [-0.2, 0) is 7.05 Å². The van der Waals surface area contributed by atoms with Crippen molar-refractivity contribution < 1.29 is 0 Å². The summed E-state index contributed by atoms with van der Waals surface area (Å²) in [6.45, 7) is 5.82.